The van der Waals surface area contributed by atoms with E-state index in [0.29, 0.717) is 30.4 Å². The predicted octanol–water partition coefficient (Wildman–Crippen LogP) is 1.30. The third-order valence-electron chi connectivity index (χ3n) is 2.96. The highest BCUT2D eigenvalue weighted by atomic mass is 16.4. The topological polar surface area (TPSA) is 53.7 Å². The van der Waals surface area contributed by atoms with Gasteiger partial charge in [-0.25, -0.2) is 0 Å². The average Bonchev–Trinajstić information content (AvgIpc) is 2.70. The Hall–Kier alpha value is -1.29. The van der Waals surface area contributed by atoms with Crippen LogP contribution in [0.15, 0.2) is 16.5 Å². The van der Waals surface area contributed by atoms with Gasteiger partial charge in [0.15, 0.2) is 17.9 Å². The molecule has 0 saturated carbocycles. The second-order valence-corrected chi connectivity index (χ2v) is 4.07. The largest absolute Gasteiger partial charge is 0.438 e. The Bertz CT molecular complexity index is 347. The molecule has 1 aromatic heterocycles. The van der Waals surface area contributed by atoms with Gasteiger partial charge in [0, 0.05) is 19.2 Å². The van der Waals surface area contributed by atoms with Crippen LogP contribution < -0.4 is 4.90 Å². The minimum Gasteiger partial charge on any atom is -0.438 e. The van der Waals surface area contributed by atoms with Crippen molar-refractivity contribution in [2.45, 2.75) is 19.4 Å². The van der Waals surface area contributed by atoms with Crippen LogP contribution in [-0.4, -0.2) is 30.6 Å². The molecule has 2 unspecified atom stereocenters. The molecule has 82 valence electrons. The zero-order valence-corrected chi connectivity index (χ0v) is 8.72. The zero-order valence-electron chi connectivity index (χ0n) is 8.72. The van der Waals surface area contributed by atoms with Crippen LogP contribution in [-0.2, 0) is 0 Å². The van der Waals surface area contributed by atoms with Crippen LogP contribution in [0.4, 0.5) is 5.88 Å². The summed E-state index contributed by atoms with van der Waals surface area (Å²) >= 11 is 0. The Labute approximate surface area is 88.5 Å². The molecule has 4 heteroatoms. The van der Waals surface area contributed by atoms with Gasteiger partial charge in [0.1, 0.15) is 0 Å². The molecular weight excluding hydrogens is 194 g/mol. The number of nitrogens with zero attached hydrogens (tertiary/aromatic N) is 1. The Balaban J connectivity index is 2.08. The number of furan rings is 1. The average molecular weight is 209 g/mol. The number of aliphatic hydroxyl groups is 1. The molecule has 0 aliphatic carbocycles. The summed E-state index contributed by atoms with van der Waals surface area (Å²) in [5, 5.41) is 9.72. The van der Waals surface area contributed by atoms with Crippen molar-refractivity contribution in [3.8, 4) is 0 Å². The molecule has 2 rings (SSSR count). The number of hydrogen-bond donors (Lipinski definition) is 1. The molecule has 0 amide bonds. The normalized spacial score (nSPS) is 26.7. The molecule has 1 aromatic rings. The lowest BCUT2D eigenvalue weighted by Gasteiger charge is -2.33. The SMILES string of the molecule is CC1CCN(c2ccc(C=O)o2)CC1O. The number of anilines is 1. The second kappa shape index (κ2) is 4.06. The van der Waals surface area contributed by atoms with Crippen LogP contribution in [0.25, 0.3) is 0 Å². The molecule has 2 atom stereocenters. The molecule has 1 aliphatic heterocycles. The lowest BCUT2D eigenvalue weighted by molar-refractivity contribution is 0.101. The lowest BCUT2D eigenvalue weighted by Crippen LogP contribution is -2.42. The van der Waals surface area contributed by atoms with E-state index in [1.807, 2.05) is 11.8 Å². The van der Waals surface area contributed by atoms with Gasteiger partial charge in [-0.15, -0.1) is 0 Å². The van der Waals surface area contributed by atoms with Crippen molar-refractivity contribution in [2.75, 3.05) is 18.0 Å². The van der Waals surface area contributed by atoms with Gasteiger partial charge in [-0.2, -0.15) is 0 Å². The first-order chi connectivity index (χ1) is 7.20. The molecule has 1 fully saturated rings. The van der Waals surface area contributed by atoms with E-state index in [9.17, 15) is 9.90 Å². The third-order valence-corrected chi connectivity index (χ3v) is 2.96. The highest BCUT2D eigenvalue weighted by Gasteiger charge is 2.25. The Kier molecular flexibility index (Phi) is 2.77. The zero-order chi connectivity index (χ0) is 10.8. The van der Waals surface area contributed by atoms with Gasteiger partial charge in [-0.1, -0.05) is 6.92 Å². The summed E-state index contributed by atoms with van der Waals surface area (Å²) < 4.78 is 5.30. The number of aliphatic hydroxyl groups excluding tert-OH is 1. The Morgan fingerprint density at radius 3 is 3.00 bits per heavy atom. The fraction of sp³-hybridized carbons (Fsp3) is 0.545. The molecule has 0 spiro atoms. The Morgan fingerprint density at radius 1 is 1.60 bits per heavy atom. The maximum Gasteiger partial charge on any atom is 0.196 e. The molecule has 1 aliphatic rings. The molecule has 1 saturated heterocycles. The maximum atomic E-state index is 10.5. The summed E-state index contributed by atoms with van der Waals surface area (Å²) in [5.74, 6) is 1.34. The summed E-state index contributed by atoms with van der Waals surface area (Å²) in [6.07, 6.45) is 1.31. The van der Waals surface area contributed by atoms with E-state index >= 15 is 0 Å². The van der Waals surface area contributed by atoms with E-state index in [2.05, 4.69) is 0 Å². The van der Waals surface area contributed by atoms with E-state index in [-0.39, 0.29) is 6.10 Å². The fourth-order valence-corrected chi connectivity index (χ4v) is 1.82. The number of carbonyl (C=O) groups excluding carboxylic acids is 1. The molecule has 0 radical (unpaired) electrons. The van der Waals surface area contributed by atoms with Crippen molar-refractivity contribution < 1.29 is 14.3 Å². The van der Waals surface area contributed by atoms with Crippen LogP contribution in [0.5, 0.6) is 0 Å². The van der Waals surface area contributed by atoms with Crippen molar-refractivity contribution in [3.63, 3.8) is 0 Å². The van der Waals surface area contributed by atoms with Crippen LogP contribution in [0.3, 0.4) is 0 Å². The van der Waals surface area contributed by atoms with Gasteiger partial charge >= 0.3 is 0 Å². The van der Waals surface area contributed by atoms with Crippen molar-refractivity contribution in [2.24, 2.45) is 5.92 Å². The second-order valence-electron chi connectivity index (χ2n) is 4.07. The number of hydrogen-bond acceptors (Lipinski definition) is 4. The summed E-state index contributed by atoms with van der Waals surface area (Å²) in [4.78, 5) is 12.4. The maximum absolute atomic E-state index is 10.5. The first-order valence-electron chi connectivity index (χ1n) is 5.18. The number of carbonyl (C=O) groups is 1. The number of rotatable bonds is 2. The van der Waals surface area contributed by atoms with E-state index in [4.69, 9.17) is 4.42 Å². The molecule has 15 heavy (non-hydrogen) atoms. The van der Waals surface area contributed by atoms with Gasteiger partial charge in [-0.05, 0) is 18.4 Å². The molecule has 2 heterocycles. The van der Waals surface area contributed by atoms with Gasteiger partial charge in [-0.3, -0.25) is 4.79 Å². The highest BCUT2D eigenvalue weighted by Crippen LogP contribution is 2.24. The van der Waals surface area contributed by atoms with Crippen LogP contribution in [0, 0.1) is 5.92 Å². The van der Waals surface area contributed by atoms with E-state index in [1.165, 1.54) is 0 Å². The summed E-state index contributed by atoms with van der Waals surface area (Å²) in [6.45, 7) is 3.48. The van der Waals surface area contributed by atoms with E-state index < -0.39 is 0 Å². The summed E-state index contributed by atoms with van der Waals surface area (Å²) in [6, 6.07) is 3.42. The van der Waals surface area contributed by atoms with Crippen LogP contribution in [0.2, 0.25) is 0 Å². The summed E-state index contributed by atoms with van der Waals surface area (Å²) in [7, 11) is 0. The van der Waals surface area contributed by atoms with Crippen molar-refractivity contribution >= 4 is 12.2 Å². The molecule has 1 N–H and O–H groups in total. The van der Waals surface area contributed by atoms with Crippen molar-refractivity contribution in [1.29, 1.82) is 0 Å². The minimum atomic E-state index is -0.316. The smallest absolute Gasteiger partial charge is 0.196 e. The highest BCUT2D eigenvalue weighted by molar-refractivity contribution is 5.71. The van der Waals surface area contributed by atoms with Crippen LogP contribution in [0.1, 0.15) is 23.9 Å². The van der Waals surface area contributed by atoms with Crippen molar-refractivity contribution in [3.05, 3.63) is 17.9 Å². The number of piperidine rings is 1. The van der Waals surface area contributed by atoms with Crippen molar-refractivity contribution in [1.82, 2.24) is 0 Å². The van der Waals surface area contributed by atoms with Gasteiger partial charge in [0.25, 0.3) is 0 Å². The van der Waals surface area contributed by atoms with Gasteiger partial charge in [0.2, 0.25) is 0 Å². The standard InChI is InChI=1S/C11H15NO3/c1-8-4-5-12(6-10(8)14)11-3-2-9(7-13)15-11/h2-3,7-8,10,14H,4-6H2,1H3. The monoisotopic (exact) mass is 209 g/mol. The van der Waals surface area contributed by atoms with E-state index in [1.54, 1.807) is 12.1 Å². The van der Waals surface area contributed by atoms with Crippen LogP contribution >= 0.6 is 0 Å². The lowest BCUT2D eigenvalue weighted by atomic mass is 9.96. The molecule has 0 bridgehead atoms. The first-order valence-corrected chi connectivity index (χ1v) is 5.18. The Morgan fingerprint density at radius 2 is 2.40 bits per heavy atom. The first kappa shape index (κ1) is 10.2. The quantitative estimate of drug-likeness (QED) is 0.746. The fourth-order valence-electron chi connectivity index (χ4n) is 1.82. The minimum absolute atomic E-state index is 0.316. The molecular formula is C11H15NO3. The number of β-amino-alcohol motifs (C(OH)–C–C–N with tert-alkyl or cyclic N) is 1. The van der Waals surface area contributed by atoms with E-state index in [0.717, 1.165) is 13.0 Å². The van der Waals surface area contributed by atoms with Gasteiger partial charge < -0.3 is 14.4 Å². The molecule has 0 aromatic carbocycles. The third kappa shape index (κ3) is 2.04. The predicted molar refractivity (Wildman–Crippen MR) is 56.1 cm³/mol. The van der Waals surface area contributed by atoms with Gasteiger partial charge in [0.05, 0.1) is 6.10 Å². The number of aldehydes is 1. The summed E-state index contributed by atoms with van der Waals surface area (Å²) in [5.41, 5.74) is 0. The molecule has 4 nitrogen and oxygen atoms in total.